The summed E-state index contributed by atoms with van der Waals surface area (Å²) in [5.41, 5.74) is 6.79. The highest BCUT2D eigenvalue weighted by Gasteiger charge is 2.14. The maximum absolute atomic E-state index is 13.1. The van der Waals surface area contributed by atoms with E-state index in [1.54, 1.807) is 0 Å². The zero-order valence-corrected chi connectivity index (χ0v) is 14.9. The molecule has 1 heterocycles. The molecule has 0 aliphatic heterocycles. The molecule has 24 heavy (non-hydrogen) atoms. The molecular formula is C21H24N2O. The average Bonchev–Trinajstić information content (AvgIpc) is 2.56. The van der Waals surface area contributed by atoms with Crippen LogP contribution in [0.25, 0.3) is 22.3 Å². The van der Waals surface area contributed by atoms with E-state index in [-0.39, 0.29) is 5.56 Å². The fraction of sp³-hybridized carbons (Fsp3) is 0.333. The monoisotopic (exact) mass is 320 g/mol. The topological polar surface area (TPSA) is 34.9 Å². The van der Waals surface area contributed by atoms with Crippen LogP contribution in [-0.2, 0) is 6.54 Å². The van der Waals surface area contributed by atoms with E-state index < -0.39 is 0 Å². The number of rotatable bonds is 4. The van der Waals surface area contributed by atoms with E-state index in [1.807, 2.05) is 35.8 Å². The Morgan fingerprint density at radius 3 is 2.42 bits per heavy atom. The zero-order valence-electron chi connectivity index (χ0n) is 14.9. The second-order valence-electron chi connectivity index (χ2n) is 6.51. The normalized spacial score (nSPS) is 11.2. The molecule has 0 spiro atoms. The molecule has 2 aromatic carbocycles. The number of hydrogen-bond donors (Lipinski definition) is 0. The Morgan fingerprint density at radius 2 is 1.71 bits per heavy atom. The van der Waals surface area contributed by atoms with Gasteiger partial charge in [-0.05, 0) is 56.0 Å². The molecule has 3 nitrogen and oxygen atoms in total. The van der Waals surface area contributed by atoms with Crippen molar-refractivity contribution in [1.29, 1.82) is 0 Å². The number of hydrogen-bond acceptors (Lipinski definition) is 2. The van der Waals surface area contributed by atoms with Crippen LogP contribution in [0, 0.1) is 20.8 Å². The van der Waals surface area contributed by atoms with Crippen LogP contribution in [0.2, 0.25) is 0 Å². The highest BCUT2D eigenvalue weighted by Crippen LogP contribution is 2.23. The SMILES string of the molecule is CCCCn1c(=O)c(-c2ccccc2C)nc2cc(C)c(C)cc21. The smallest absolute Gasteiger partial charge is 0.277 e. The van der Waals surface area contributed by atoms with Gasteiger partial charge in [0, 0.05) is 12.1 Å². The number of fused-ring (bicyclic) bond motifs is 1. The first-order valence-corrected chi connectivity index (χ1v) is 8.60. The van der Waals surface area contributed by atoms with Gasteiger partial charge in [-0.1, -0.05) is 37.6 Å². The third-order valence-corrected chi connectivity index (χ3v) is 4.70. The quantitative estimate of drug-likeness (QED) is 0.693. The lowest BCUT2D eigenvalue weighted by molar-refractivity contribution is 0.630. The van der Waals surface area contributed by atoms with Crippen molar-refractivity contribution in [3.05, 3.63) is 63.4 Å². The molecule has 0 amide bonds. The summed E-state index contributed by atoms with van der Waals surface area (Å²) in [6.07, 6.45) is 2.04. The first-order chi connectivity index (χ1) is 11.5. The fourth-order valence-corrected chi connectivity index (χ4v) is 3.05. The average molecular weight is 320 g/mol. The van der Waals surface area contributed by atoms with Gasteiger partial charge in [-0.25, -0.2) is 4.98 Å². The summed E-state index contributed by atoms with van der Waals surface area (Å²) in [5.74, 6) is 0. The lowest BCUT2D eigenvalue weighted by Crippen LogP contribution is -2.24. The van der Waals surface area contributed by atoms with Crippen LogP contribution in [-0.4, -0.2) is 9.55 Å². The minimum absolute atomic E-state index is 0.00787. The van der Waals surface area contributed by atoms with Gasteiger partial charge in [-0.3, -0.25) is 4.79 Å². The Hall–Kier alpha value is -2.42. The molecular weight excluding hydrogens is 296 g/mol. The molecule has 0 aliphatic rings. The Balaban J connectivity index is 2.35. The number of aryl methyl sites for hydroxylation is 4. The molecule has 0 fully saturated rings. The summed E-state index contributed by atoms with van der Waals surface area (Å²) in [4.78, 5) is 17.9. The Morgan fingerprint density at radius 1 is 1.00 bits per heavy atom. The first-order valence-electron chi connectivity index (χ1n) is 8.60. The second kappa shape index (κ2) is 6.60. The van der Waals surface area contributed by atoms with Gasteiger partial charge in [-0.2, -0.15) is 0 Å². The highest BCUT2D eigenvalue weighted by molar-refractivity contribution is 5.80. The van der Waals surface area contributed by atoms with Gasteiger partial charge in [0.1, 0.15) is 5.69 Å². The molecule has 3 rings (SSSR count). The maximum atomic E-state index is 13.1. The van der Waals surface area contributed by atoms with E-state index in [2.05, 4.69) is 32.9 Å². The Labute approximate surface area is 143 Å². The minimum Gasteiger partial charge on any atom is -0.305 e. The predicted octanol–water partition coefficient (Wildman–Crippen LogP) is 4.79. The van der Waals surface area contributed by atoms with Crippen LogP contribution < -0.4 is 5.56 Å². The molecule has 3 aromatic rings. The van der Waals surface area contributed by atoms with Crippen molar-refractivity contribution >= 4 is 11.0 Å². The van der Waals surface area contributed by atoms with Crippen molar-refractivity contribution in [1.82, 2.24) is 9.55 Å². The molecule has 0 radical (unpaired) electrons. The molecule has 0 unspecified atom stereocenters. The number of aromatic nitrogens is 2. The van der Waals surface area contributed by atoms with Gasteiger partial charge >= 0.3 is 0 Å². The van der Waals surface area contributed by atoms with Crippen LogP contribution in [0.1, 0.15) is 36.5 Å². The van der Waals surface area contributed by atoms with Crippen LogP contribution in [0.4, 0.5) is 0 Å². The van der Waals surface area contributed by atoms with Gasteiger partial charge in [0.05, 0.1) is 11.0 Å². The number of nitrogens with zero attached hydrogens (tertiary/aromatic N) is 2. The molecule has 3 heteroatoms. The van der Waals surface area contributed by atoms with Crippen molar-refractivity contribution in [3.8, 4) is 11.3 Å². The van der Waals surface area contributed by atoms with Gasteiger partial charge in [0.25, 0.3) is 5.56 Å². The zero-order chi connectivity index (χ0) is 17.3. The summed E-state index contributed by atoms with van der Waals surface area (Å²) in [6, 6.07) is 12.1. The summed E-state index contributed by atoms with van der Waals surface area (Å²) in [5, 5.41) is 0. The summed E-state index contributed by atoms with van der Waals surface area (Å²) < 4.78 is 1.90. The molecule has 0 N–H and O–H groups in total. The molecule has 124 valence electrons. The van der Waals surface area contributed by atoms with Crippen LogP contribution in [0.3, 0.4) is 0 Å². The molecule has 1 aromatic heterocycles. The third kappa shape index (κ3) is 2.86. The fourth-order valence-electron chi connectivity index (χ4n) is 3.05. The maximum Gasteiger partial charge on any atom is 0.277 e. The van der Waals surface area contributed by atoms with Crippen molar-refractivity contribution in [2.45, 2.75) is 47.1 Å². The van der Waals surface area contributed by atoms with Gasteiger partial charge < -0.3 is 4.57 Å². The predicted molar refractivity (Wildman–Crippen MR) is 101 cm³/mol. The van der Waals surface area contributed by atoms with Crippen molar-refractivity contribution in [2.24, 2.45) is 0 Å². The molecule has 0 atom stereocenters. The molecule has 0 saturated carbocycles. The standard InChI is InChI=1S/C21H24N2O/c1-5-6-11-23-19-13-16(4)15(3)12-18(19)22-20(21(23)24)17-10-8-7-9-14(17)2/h7-10,12-13H,5-6,11H2,1-4H3. The van der Waals surface area contributed by atoms with Crippen LogP contribution in [0.15, 0.2) is 41.2 Å². The first kappa shape index (κ1) is 16.4. The lowest BCUT2D eigenvalue weighted by atomic mass is 10.0. The Bertz CT molecular complexity index is 954. The second-order valence-corrected chi connectivity index (χ2v) is 6.51. The molecule has 0 bridgehead atoms. The van der Waals surface area contributed by atoms with Gasteiger partial charge in [-0.15, -0.1) is 0 Å². The van der Waals surface area contributed by atoms with E-state index in [9.17, 15) is 4.79 Å². The minimum atomic E-state index is 0.00787. The molecule has 0 saturated heterocycles. The van der Waals surface area contributed by atoms with Crippen molar-refractivity contribution in [2.75, 3.05) is 0 Å². The summed E-state index contributed by atoms with van der Waals surface area (Å²) in [6.45, 7) is 9.07. The largest absolute Gasteiger partial charge is 0.305 e. The van der Waals surface area contributed by atoms with Gasteiger partial charge in [0.2, 0.25) is 0 Å². The van der Waals surface area contributed by atoms with Crippen molar-refractivity contribution < 1.29 is 0 Å². The Kier molecular flexibility index (Phi) is 4.52. The van der Waals surface area contributed by atoms with E-state index in [0.29, 0.717) is 5.69 Å². The van der Waals surface area contributed by atoms with E-state index in [1.165, 1.54) is 11.1 Å². The highest BCUT2D eigenvalue weighted by atomic mass is 16.1. The third-order valence-electron chi connectivity index (χ3n) is 4.70. The molecule has 0 aliphatic carbocycles. The van der Waals surface area contributed by atoms with Gasteiger partial charge in [0.15, 0.2) is 0 Å². The summed E-state index contributed by atoms with van der Waals surface area (Å²) in [7, 11) is 0. The lowest BCUT2D eigenvalue weighted by Gasteiger charge is -2.14. The van der Waals surface area contributed by atoms with E-state index in [0.717, 1.165) is 41.5 Å². The number of benzene rings is 2. The number of unbranched alkanes of at least 4 members (excludes halogenated alkanes) is 1. The van der Waals surface area contributed by atoms with Crippen LogP contribution >= 0.6 is 0 Å². The van der Waals surface area contributed by atoms with E-state index in [4.69, 9.17) is 4.98 Å². The van der Waals surface area contributed by atoms with Crippen LogP contribution in [0.5, 0.6) is 0 Å². The summed E-state index contributed by atoms with van der Waals surface area (Å²) >= 11 is 0. The van der Waals surface area contributed by atoms with E-state index >= 15 is 0 Å². The van der Waals surface area contributed by atoms with Crippen molar-refractivity contribution in [3.63, 3.8) is 0 Å².